The van der Waals surface area contributed by atoms with Gasteiger partial charge in [-0.05, 0) is 12.1 Å². The van der Waals surface area contributed by atoms with Gasteiger partial charge in [0.2, 0.25) is 6.08 Å². The lowest BCUT2D eigenvalue weighted by Gasteiger charge is -1.95. The number of nitrogens with zero attached hydrogens (tertiary/aromatic N) is 2. The van der Waals surface area contributed by atoms with E-state index in [2.05, 4.69) is 4.99 Å². The predicted molar refractivity (Wildman–Crippen MR) is 48.9 cm³/mol. The van der Waals surface area contributed by atoms with Crippen molar-refractivity contribution in [2.24, 2.45) is 4.99 Å². The first-order valence-corrected chi connectivity index (χ1v) is 3.61. The van der Waals surface area contributed by atoms with Crippen molar-refractivity contribution in [3.63, 3.8) is 0 Å². The summed E-state index contributed by atoms with van der Waals surface area (Å²) in [6, 6.07) is 8.89. The van der Waals surface area contributed by atoms with Gasteiger partial charge in [0.05, 0.1) is 11.8 Å². The fraction of sp³-hybridized carbons (Fsp3) is 0. The summed E-state index contributed by atoms with van der Waals surface area (Å²) < 4.78 is 0. The highest BCUT2D eigenvalue weighted by Gasteiger charge is 1.94. The minimum Gasteiger partial charge on any atom is -0.211 e. The average Bonchev–Trinajstić information content (AvgIpc) is 2.17. The van der Waals surface area contributed by atoms with E-state index in [0.717, 1.165) is 5.56 Å². The Balaban J connectivity index is 3.13. The number of para-hydroxylation sites is 1. The number of hydrogen-bond donors (Lipinski definition) is 0. The lowest BCUT2D eigenvalue weighted by Crippen LogP contribution is -1.72. The third-order valence-corrected chi connectivity index (χ3v) is 1.44. The molecule has 0 radical (unpaired) electrons. The van der Waals surface area contributed by atoms with E-state index in [4.69, 9.17) is 5.26 Å². The highest BCUT2D eigenvalue weighted by atomic mass is 16.1. The molecule has 0 heterocycles. The molecule has 0 unspecified atom stereocenters. The van der Waals surface area contributed by atoms with Crippen molar-refractivity contribution >= 4 is 17.8 Å². The number of aliphatic imine (C=N–C) groups is 1. The maximum absolute atomic E-state index is 10.0. The molecule has 0 atom stereocenters. The quantitative estimate of drug-likeness (QED) is 0.388. The topological polar surface area (TPSA) is 53.2 Å². The molecule has 0 saturated heterocycles. The van der Waals surface area contributed by atoms with E-state index < -0.39 is 0 Å². The molecular weight excluding hydrogens is 164 g/mol. The second-order valence-electron chi connectivity index (χ2n) is 2.22. The average molecular weight is 170 g/mol. The summed E-state index contributed by atoms with van der Waals surface area (Å²) in [5.74, 6) is 0. The lowest BCUT2D eigenvalue weighted by molar-refractivity contribution is 0.565. The van der Waals surface area contributed by atoms with Crippen LogP contribution in [0, 0.1) is 11.3 Å². The maximum Gasteiger partial charge on any atom is 0.240 e. The fourth-order valence-corrected chi connectivity index (χ4v) is 0.907. The highest BCUT2D eigenvalue weighted by Crippen LogP contribution is 2.18. The first-order valence-electron chi connectivity index (χ1n) is 3.61. The van der Waals surface area contributed by atoms with Gasteiger partial charge in [0, 0.05) is 11.6 Å². The minimum absolute atomic E-state index is 0.518. The summed E-state index contributed by atoms with van der Waals surface area (Å²) in [6.07, 6.45) is 4.38. The van der Waals surface area contributed by atoms with Gasteiger partial charge >= 0.3 is 0 Å². The van der Waals surface area contributed by atoms with Gasteiger partial charge in [-0.3, -0.25) is 0 Å². The van der Waals surface area contributed by atoms with Gasteiger partial charge in [0.25, 0.3) is 0 Å². The van der Waals surface area contributed by atoms with Crippen molar-refractivity contribution < 1.29 is 4.79 Å². The van der Waals surface area contributed by atoms with E-state index in [0.29, 0.717) is 5.69 Å². The van der Waals surface area contributed by atoms with Crippen LogP contribution in [0.4, 0.5) is 5.69 Å². The van der Waals surface area contributed by atoms with Gasteiger partial charge in [-0.25, -0.2) is 4.79 Å². The van der Waals surface area contributed by atoms with Gasteiger partial charge < -0.3 is 0 Å². The number of carbonyl (C=O) groups excluding carboxylic acids is 1. The molecule has 1 aromatic carbocycles. The van der Waals surface area contributed by atoms with E-state index in [1.165, 1.54) is 12.2 Å². The smallest absolute Gasteiger partial charge is 0.211 e. The Morgan fingerprint density at radius 2 is 2.15 bits per heavy atom. The summed E-state index contributed by atoms with van der Waals surface area (Å²) in [5, 5.41) is 8.30. The molecule has 3 nitrogen and oxygen atoms in total. The van der Waals surface area contributed by atoms with Gasteiger partial charge in [0.1, 0.15) is 0 Å². The largest absolute Gasteiger partial charge is 0.240 e. The molecule has 0 aliphatic rings. The van der Waals surface area contributed by atoms with E-state index in [1.807, 2.05) is 6.07 Å². The summed E-state index contributed by atoms with van der Waals surface area (Å²) >= 11 is 0. The van der Waals surface area contributed by atoms with Crippen LogP contribution in [0.2, 0.25) is 0 Å². The zero-order valence-corrected chi connectivity index (χ0v) is 6.77. The zero-order chi connectivity index (χ0) is 9.52. The summed E-state index contributed by atoms with van der Waals surface area (Å²) in [4.78, 5) is 13.5. The molecule has 0 N–H and O–H groups in total. The first-order chi connectivity index (χ1) is 6.38. The number of benzene rings is 1. The predicted octanol–water partition coefficient (Wildman–Crippen LogP) is 2.19. The van der Waals surface area contributed by atoms with Crippen molar-refractivity contribution in [3.05, 3.63) is 35.9 Å². The van der Waals surface area contributed by atoms with Gasteiger partial charge in [0.15, 0.2) is 0 Å². The first kappa shape index (κ1) is 8.92. The molecule has 1 rings (SSSR count). The van der Waals surface area contributed by atoms with Crippen molar-refractivity contribution in [1.82, 2.24) is 0 Å². The third kappa shape index (κ3) is 2.41. The Kier molecular flexibility index (Phi) is 3.20. The number of rotatable bonds is 2. The van der Waals surface area contributed by atoms with Crippen LogP contribution in [-0.2, 0) is 4.79 Å². The van der Waals surface area contributed by atoms with Gasteiger partial charge in [-0.2, -0.15) is 10.3 Å². The maximum atomic E-state index is 10.0. The van der Waals surface area contributed by atoms with Crippen molar-refractivity contribution in [3.8, 4) is 6.07 Å². The monoisotopic (exact) mass is 170 g/mol. The van der Waals surface area contributed by atoms with E-state index in [1.54, 1.807) is 30.3 Å². The Hall–Kier alpha value is -2.17. The van der Waals surface area contributed by atoms with Gasteiger partial charge in [-0.1, -0.05) is 18.2 Å². The zero-order valence-electron chi connectivity index (χ0n) is 6.77. The number of hydrogen-bond acceptors (Lipinski definition) is 3. The molecular formula is C10H6N2O. The number of allylic oxidation sites excluding steroid dienone is 1. The third-order valence-electron chi connectivity index (χ3n) is 1.44. The molecule has 13 heavy (non-hydrogen) atoms. The molecule has 0 bridgehead atoms. The fourth-order valence-electron chi connectivity index (χ4n) is 0.907. The molecule has 0 spiro atoms. The van der Waals surface area contributed by atoms with Crippen LogP contribution in [0.15, 0.2) is 35.3 Å². The summed E-state index contributed by atoms with van der Waals surface area (Å²) in [7, 11) is 0. The lowest BCUT2D eigenvalue weighted by atomic mass is 10.2. The van der Waals surface area contributed by atoms with Crippen molar-refractivity contribution in [2.75, 3.05) is 0 Å². The Morgan fingerprint density at radius 3 is 2.85 bits per heavy atom. The highest BCUT2D eigenvalue weighted by molar-refractivity contribution is 5.67. The molecule has 0 aliphatic carbocycles. The van der Waals surface area contributed by atoms with Crippen LogP contribution >= 0.6 is 0 Å². The van der Waals surface area contributed by atoms with Crippen LogP contribution < -0.4 is 0 Å². The Labute approximate surface area is 75.7 Å². The molecule has 62 valence electrons. The normalized spacial score (nSPS) is 9.15. The molecule has 3 heteroatoms. The van der Waals surface area contributed by atoms with Gasteiger partial charge in [-0.15, -0.1) is 0 Å². The SMILES string of the molecule is N#C/C=C/c1ccccc1N=C=O. The Bertz CT molecular complexity index is 409. The minimum atomic E-state index is 0.518. The summed E-state index contributed by atoms with van der Waals surface area (Å²) in [6.45, 7) is 0. The molecule has 0 aliphatic heterocycles. The second kappa shape index (κ2) is 4.66. The molecule has 0 saturated carbocycles. The number of nitriles is 1. The van der Waals surface area contributed by atoms with Crippen molar-refractivity contribution in [1.29, 1.82) is 5.26 Å². The van der Waals surface area contributed by atoms with Crippen LogP contribution in [0.3, 0.4) is 0 Å². The molecule has 0 amide bonds. The van der Waals surface area contributed by atoms with E-state index in [9.17, 15) is 4.79 Å². The van der Waals surface area contributed by atoms with Crippen molar-refractivity contribution in [2.45, 2.75) is 0 Å². The van der Waals surface area contributed by atoms with E-state index in [-0.39, 0.29) is 0 Å². The van der Waals surface area contributed by atoms with Crippen LogP contribution in [0.25, 0.3) is 6.08 Å². The Morgan fingerprint density at radius 1 is 1.38 bits per heavy atom. The summed E-state index contributed by atoms with van der Waals surface area (Å²) in [5.41, 5.74) is 1.25. The van der Waals surface area contributed by atoms with E-state index >= 15 is 0 Å². The number of isocyanates is 1. The van der Waals surface area contributed by atoms with Crippen LogP contribution in [-0.4, -0.2) is 6.08 Å². The van der Waals surface area contributed by atoms with Crippen LogP contribution in [0.5, 0.6) is 0 Å². The molecule has 0 aromatic heterocycles. The standard InChI is InChI=1S/C10H6N2O/c11-7-3-5-9-4-1-2-6-10(9)12-8-13/h1-6H/b5-3+. The van der Waals surface area contributed by atoms with Crippen LogP contribution in [0.1, 0.15) is 5.56 Å². The second-order valence-corrected chi connectivity index (χ2v) is 2.22. The molecule has 0 fully saturated rings. The molecule has 1 aromatic rings.